The molecule has 0 radical (unpaired) electrons. The second-order valence-corrected chi connectivity index (χ2v) is 7.74. The van der Waals surface area contributed by atoms with Gasteiger partial charge in [-0.1, -0.05) is 54.6 Å². The van der Waals surface area contributed by atoms with E-state index in [0.29, 0.717) is 6.04 Å². The summed E-state index contributed by atoms with van der Waals surface area (Å²) in [6, 6.07) is 24.2. The third kappa shape index (κ3) is 4.74. The molecule has 1 saturated heterocycles. The van der Waals surface area contributed by atoms with Gasteiger partial charge in [-0.2, -0.15) is 0 Å². The van der Waals surface area contributed by atoms with Gasteiger partial charge in [0.1, 0.15) is 0 Å². The first-order valence-corrected chi connectivity index (χ1v) is 10.1. The van der Waals surface area contributed by atoms with Crippen molar-refractivity contribution in [2.24, 2.45) is 0 Å². The molecule has 3 aromatic rings. The first-order valence-electron chi connectivity index (χ1n) is 10.1. The van der Waals surface area contributed by atoms with Crippen molar-refractivity contribution < 1.29 is 0 Å². The van der Waals surface area contributed by atoms with E-state index < -0.39 is 0 Å². The minimum absolute atomic E-state index is 0.642. The summed E-state index contributed by atoms with van der Waals surface area (Å²) in [6.07, 6.45) is 3.70. The summed E-state index contributed by atoms with van der Waals surface area (Å²) >= 11 is 0. The van der Waals surface area contributed by atoms with Gasteiger partial charge in [0.05, 0.1) is 11.2 Å². The van der Waals surface area contributed by atoms with Crippen molar-refractivity contribution in [2.45, 2.75) is 31.8 Å². The quantitative estimate of drug-likeness (QED) is 0.651. The average molecular weight is 360 g/mol. The molecule has 1 atom stereocenters. The maximum absolute atomic E-state index is 4.86. The molecule has 1 aliphatic rings. The number of nitrogens with zero attached hydrogens (tertiary/aromatic N) is 3. The minimum atomic E-state index is 0.642. The number of hydrogen-bond donors (Lipinski definition) is 0. The smallest absolute Gasteiger partial charge is 0.0705 e. The number of likely N-dealkylation sites (N-methyl/N-ethyl adjacent to an activating group) is 1. The van der Waals surface area contributed by atoms with E-state index in [1.165, 1.54) is 36.0 Å². The molecule has 2 aromatic carbocycles. The third-order valence-electron chi connectivity index (χ3n) is 5.74. The largest absolute Gasteiger partial charge is 0.302 e. The first-order chi connectivity index (χ1) is 13.3. The van der Waals surface area contributed by atoms with Crippen LogP contribution in [-0.2, 0) is 13.0 Å². The van der Waals surface area contributed by atoms with Crippen LogP contribution in [0, 0.1) is 0 Å². The number of piperidine rings is 1. The Morgan fingerprint density at radius 2 is 1.81 bits per heavy atom. The molecular formula is C24H29N3. The van der Waals surface area contributed by atoms with Gasteiger partial charge in [-0.05, 0) is 50.6 Å². The van der Waals surface area contributed by atoms with Gasteiger partial charge in [0.25, 0.3) is 0 Å². The van der Waals surface area contributed by atoms with E-state index in [0.717, 1.165) is 31.6 Å². The average Bonchev–Trinajstić information content (AvgIpc) is 2.73. The van der Waals surface area contributed by atoms with Crippen molar-refractivity contribution in [1.29, 1.82) is 0 Å². The normalized spacial score (nSPS) is 18.2. The van der Waals surface area contributed by atoms with Gasteiger partial charge in [-0.3, -0.25) is 9.88 Å². The van der Waals surface area contributed by atoms with Crippen LogP contribution in [0.4, 0.5) is 0 Å². The van der Waals surface area contributed by atoms with Gasteiger partial charge in [0, 0.05) is 31.1 Å². The SMILES string of the molecule is CN(CCc1ccccc1)C1CCCN(Cc2ccc3ccccc3n2)C1. The van der Waals surface area contributed by atoms with E-state index in [4.69, 9.17) is 4.98 Å². The van der Waals surface area contributed by atoms with Crippen molar-refractivity contribution in [2.75, 3.05) is 26.7 Å². The highest BCUT2D eigenvalue weighted by atomic mass is 15.2. The fraction of sp³-hybridized carbons (Fsp3) is 0.375. The zero-order valence-electron chi connectivity index (χ0n) is 16.2. The van der Waals surface area contributed by atoms with Crippen LogP contribution in [0.5, 0.6) is 0 Å². The monoisotopic (exact) mass is 359 g/mol. The van der Waals surface area contributed by atoms with Crippen LogP contribution in [0.15, 0.2) is 66.7 Å². The number of likely N-dealkylation sites (tertiary alicyclic amines) is 1. The van der Waals surface area contributed by atoms with Crippen molar-refractivity contribution in [3.8, 4) is 0 Å². The number of hydrogen-bond acceptors (Lipinski definition) is 3. The number of fused-ring (bicyclic) bond motifs is 1. The number of aromatic nitrogens is 1. The Bertz CT molecular complexity index is 862. The van der Waals surface area contributed by atoms with E-state index in [9.17, 15) is 0 Å². The second kappa shape index (κ2) is 8.64. The molecule has 0 aliphatic carbocycles. The van der Waals surface area contributed by atoms with Crippen LogP contribution in [0.2, 0.25) is 0 Å². The lowest BCUT2D eigenvalue weighted by atomic mass is 10.0. The summed E-state index contributed by atoms with van der Waals surface area (Å²) in [6.45, 7) is 4.39. The highest BCUT2D eigenvalue weighted by molar-refractivity contribution is 5.78. The Labute approximate surface area is 162 Å². The van der Waals surface area contributed by atoms with Gasteiger partial charge >= 0.3 is 0 Å². The summed E-state index contributed by atoms with van der Waals surface area (Å²) in [5.41, 5.74) is 3.71. The topological polar surface area (TPSA) is 19.4 Å². The molecule has 1 fully saturated rings. The van der Waals surface area contributed by atoms with Crippen LogP contribution >= 0.6 is 0 Å². The Kier molecular flexibility index (Phi) is 5.81. The number of pyridine rings is 1. The molecule has 0 saturated carbocycles. The third-order valence-corrected chi connectivity index (χ3v) is 5.74. The van der Waals surface area contributed by atoms with E-state index in [2.05, 4.69) is 83.6 Å². The van der Waals surface area contributed by atoms with Crippen LogP contribution in [0.1, 0.15) is 24.1 Å². The number of benzene rings is 2. The predicted octanol–water partition coefficient (Wildman–Crippen LogP) is 4.37. The molecule has 0 amide bonds. The summed E-state index contributed by atoms with van der Waals surface area (Å²) in [5.74, 6) is 0. The van der Waals surface area contributed by atoms with E-state index in [1.807, 2.05) is 0 Å². The lowest BCUT2D eigenvalue weighted by Gasteiger charge is -2.37. The molecule has 3 heteroatoms. The van der Waals surface area contributed by atoms with Gasteiger partial charge in [0.2, 0.25) is 0 Å². The van der Waals surface area contributed by atoms with Gasteiger partial charge in [0.15, 0.2) is 0 Å². The van der Waals surface area contributed by atoms with Crippen molar-refractivity contribution >= 4 is 10.9 Å². The van der Waals surface area contributed by atoms with Crippen molar-refractivity contribution in [3.05, 3.63) is 78.0 Å². The molecule has 0 bridgehead atoms. The summed E-state index contributed by atoms with van der Waals surface area (Å²) in [4.78, 5) is 9.98. The highest BCUT2D eigenvalue weighted by Gasteiger charge is 2.23. The maximum atomic E-state index is 4.86. The Balaban J connectivity index is 1.34. The molecule has 1 aliphatic heterocycles. The Morgan fingerprint density at radius 1 is 1.00 bits per heavy atom. The Morgan fingerprint density at radius 3 is 2.70 bits per heavy atom. The fourth-order valence-corrected chi connectivity index (χ4v) is 4.09. The highest BCUT2D eigenvalue weighted by Crippen LogP contribution is 2.19. The van der Waals surface area contributed by atoms with E-state index in [1.54, 1.807) is 0 Å². The van der Waals surface area contributed by atoms with Crippen LogP contribution in [-0.4, -0.2) is 47.5 Å². The zero-order valence-corrected chi connectivity index (χ0v) is 16.2. The van der Waals surface area contributed by atoms with Crippen molar-refractivity contribution in [3.63, 3.8) is 0 Å². The van der Waals surface area contributed by atoms with Gasteiger partial charge in [-0.25, -0.2) is 0 Å². The molecule has 4 rings (SSSR count). The van der Waals surface area contributed by atoms with Crippen LogP contribution in [0.25, 0.3) is 10.9 Å². The summed E-state index contributed by atoms with van der Waals surface area (Å²) in [7, 11) is 2.28. The van der Waals surface area contributed by atoms with Gasteiger partial charge < -0.3 is 4.90 Å². The fourth-order valence-electron chi connectivity index (χ4n) is 4.09. The summed E-state index contributed by atoms with van der Waals surface area (Å²) in [5, 5.41) is 1.22. The lowest BCUT2D eigenvalue weighted by molar-refractivity contribution is 0.111. The molecule has 1 aromatic heterocycles. The van der Waals surface area contributed by atoms with E-state index >= 15 is 0 Å². The second-order valence-electron chi connectivity index (χ2n) is 7.74. The molecule has 2 heterocycles. The molecule has 0 spiro atoms. The molecule has 27 heavy (non-hydrogen) atoms. The molecular weight excluding hydrogens is 330 g/mol. The minimum Gasteiger partial charge on any atom is -0.302 e. The molecule has 1 unspecified atom stereocenters. The lowest BCUT2D eigenvalue weighted by Crippen LogP contribution is -2.46. The standard InChI is InChI=1S/C24H29N3/c1-26(17-15-20-8-3-2-4-9-20)23-11-7-16-27(19-23)18-22-14-13-21-10-5-6-12-24(21)25-22/h2-6,8-10,12-14,23H,7,11,15-19H2,1H3. The number of rotatable bonds is 6. The molecule has 0 N–H and O–H groups in total. The van der Waals surface area contributed by atoms with Gasteiger partial charge in [-0.15, -0.1) is 0 Å². The molecule has 3 nitrogen and oxygen atoms in total. The number of para-hydroxylation sites is 1. The summed E-state index contributed by atoms with van der Waals surface area (Å²) < 4.78 is 0. The van der Waals surface area contributed by atoms with E-state index in [-0.39, 0.29) is 0 Å². The Hall–Kier alpha value is -2.23. The zero-order chi connectivity index (χ0) is 18.5. The molecule has 140 valence electrons. The first kappa shape index (κ1) is 18.1. The van der Waals surface area contributed by atoms with Crippen molar-refractivity contribution in [1.82, 2.24) is 14.8 Å². The predicted molar refractivity (Wildman–Crippen MR) is 113 cm³/mol. The van der Waals surface area contributed by atoms with Crippen LogP contribution in [0.3, 0.4) is 0 Å². The maximum Gasteiger partial charge on any atom is 0.0705 e. The van der Waals surface area contributed by atoms with Crippen LogP contribution < -0.4 is 0 Å².